The maximum atomic E-state index is 13.6. The number of fused-ring (bicyclic) bond motifs is 1. The highest BCUT2D eigenvalue weighted by Crippen LogP contribution is 2.40. The number of nitrogens with one attached hydrogen (secondary N) is 1. The molecule has 0 spiro atoms. The van der Waals surface area contributed by atoms with E-state index in [9.17, 15) is 9.90 Å². The first-order valence-corrected chi connectivity index (χ1v) is 10.0. The van der Waals surface area contributed by atoms with Crippen molar-refractivity contribution in [2.24, 2.45) is 0 Å². The van der Waals surface area contributed by atoms with Crippen molar-refractivity contribution < 1.29 is 9.90 Å². The van der Waals surface area contributed by atoms with E-state index in [0.29, 0.717) is 28.4 Å². The smallest absolute Gasteiger partial charge is 0.193 e. The lowest BCUT2D eigenvalue weighted by molar-refractivity contribution is 0.102. The Labute approximate surface area is 175 Å². The third-order valence-corrected chi connectivity index (χ3v) is 5.77. The van der Waals surface area contributed by atoms with E-state index in [1.807, 2.05) is 79.4 Å². The summed E-state index contributed by atoms with van der Waals surface area (Å²) in [5.74, 6) is 0.0639. The molecule has 1 heterocycles. The Morgan fingerprint density at radius 3 is 2.48 bits per heavy atom. The second-order valence-corrected chi connectivity index (χ2v) is 7.43. The van der Waals surface area contributed by atoms with Crippen LogP contribution >= 0.6 is 12.2 Å². The van der Waals surface area contributed by atoms with Gasteiger partial charge in [-0.05, 0) is 42.9 Å². The number of benzene rings is 3. The van der Waals surface area contributed by atoms with Crippen LogP contribution in [0.15, 0.2) is 78.0 Å². The Kier molecular flexibility index (Phi) is 5.07. The van der Waals surface area contributed by atoms with Gasteiger partial charge in [-0.25, -0.2) is 0 Å². The van der Waals surface area contributed by atoms with Crippen LogP contribution in [0.25, 0.3) is 10.8 Å². The van der Waals surface area contributed by atoms with Gasteiger partial charge < -0.3 is 15.3 Å². The second-order valence-electron chi connectivity index (χ2n) is 7.04. The molecule has 0 radical (unpaired) electrons. The number of thiocarbonyl (C=S) groups is 1. The van der Waals surface area contributed by atoms with Gasteiger partial charge in [0.15, 0.2) is 10.9 Å². The molecule has 0 fully saturated rings. The number of hydrogen-bond donors (Lipinski definition) is 2. The summed E-state index contributed by atoms with van der Waals surface area (Å²) in [6, 6.07) is 20.1. The molecule has 1 unspecified atom stereocenters. The van der Waals surface area contributed by atoms with Gasteiger partial charge in [0, 0.05) is 28.9 Å². The first-order chi connectivity index (χ1) is 14.0. The quantitative estimate of drug-likeness (QED) is 0.478. The van der Waals surface area contributed by atoms with Crippen LogP contribution in [0, 0.1) is 0 Å². The molecule has 1 atom stereocenters. The van der Waals surface area contributed by atoms with E-state index >= 15 is 0 Å². The van der Waals surface area contributed by atoms with Crippen molar-refractivity contribution in [3.63, 3.8) is 0 Å². The van der Waals surface area contributed by atoms with Gasteiger partial charge in [0.05, 0.1) is 6.04 Å². The maximum absolute atomic E-state index is 13.6. The zero-order chi connectivity index (χ0) is 20.5. The summed E-state index contributed by atoms with van der Waals surface area (Å²) < 4.78 is 0. The van der Waals surface area contributed by atoms with Crippen molar-refractivity contribution in [3.8, 4) is 5.75 Å². The molecule has 0 aliphatic carbocycles. The first-order valence-electron chi connectivity index (χ1n) is 9.62. The number of phenolic OH excluding ortho intramolecular Hbond substituents is 1. The highest BCUT2D eigenvalue weighted by atomic mass is 32.1. The minimum Gasteiger partial charge on any atom is -0.508 e. The molecule has 0 aromatic heterocycles. The minimum atomic E-state index is -0.538. The van der Waals surface area contributed by atoms with Crippen molar-refractivity contribution in [1.29, 1.82) is 0 Å². The standard InChI is InChI=1S/C24H22N2O2S/c1-3-26-15(2)20(23(28)17-10-5-4-6-11-17)22(25-24(26)29)21-18-12-8-7-9-16(18)13-14-19(21)27/h4-14,22,27H,3H2,1-2H3,(H,25,29). The van der Waals surface area contributed by atoms with Gasteiger partial charge in [-0.3, -0.25) is 4.79 Å². The van der Waals surface area contributed by atoms with Gasteiger partial charge in [-0.2, -0.15) is 0 Å². The highest BCUT2D eigenvalue weighted by Gasteiger charge is 2.35. The fourth-order valence-corrected chi connectivity index (χ4v) is 4.39. The summed E-state index contributed by atoms with van der Waals surface area (Å²) >= 11 is 5.59. The Morgan fingerprint density at radius 1 is 1.07 bits per heavy atom. The van der Waals surface area contributed by atoms with Crippen LogP contribution in [0.4, 0.5) is 0 Å². The number of carbonyl (C=O) groups is 1. The molecule has 0 saturated carbocycles. The summed E-state index contributed by atoms with van der Waals surface area (Å²) in [6.07, 6.45) is 0. The number of hydrogen-bond acceptors (Lipinski definition) is 3. The van der Waals surface area contributed by atoms with E-state index < -0.39 is 6.04 Å². The molecule has 5 heteroatoms. The summed E-state index contributed by atoms with van der Waals surface area (Å²) in [5, 5.41) is 16.5. The van der Waals surface area contributed by atoms with Gasteiger partial charge in [0.25, 0.3) is 0 Å². The van der Waals surface area contributed by atoms with Gasteiger partial charge in [-0.15, -0.1) is 0 Å². The van der Waals surface area contributed by atoms with Crippen molar-refractivity contribution in [2.75, 3.05) is 6.54 Å². The van der Waals surface area contributed by atoms with Gasteiger partial charge in [0.2, 0.25) is 0 Å². The summed E-state index contributed by atoms with van der Waals surface area (Å²) in [4.78, 5) is 15.5. The van der Waals surface area contributed by atoms with E-state index in [2.05, 4.69) is 5.32 Å². The second kappa shape index (κ2) is 7.68. The van der Waals surface area contributed by atoms with Gasteiger partial charge in [0.1, 0.15) is 5.75 Å². The Hall–Kier alpha value is -3.18. The molecular weight excluding hydrogens is 380 g/mol. The molecule has 0 amide bonds. The number of rotatable bonds is 4. The molecule has 1 aliphatic rings. The number of carbonyl (C=O) groups excluding carboxylic acids is 1. The minimum absolute atomic E-state index is 0.0751. The monoisotopic (exact) mass is 402 g/mol. The lowest BCUT2D eigenvalue weighted by Crippen LogP contribution is -2.47. The third-order valence-electron chi connectivity index (χ3n) is 5.43. The number of ketones is 1. The van der Waals surface area contributed by atoms with Crippen LogP contribution in [0.1, 0.15) is 35.8 Å². The van der Waals surface area contributed by atoms with Gasteiger partial charge >= 0.3 is 0 Å². The van der Waals surface area contributed by atoms with Crippen LogP contribution in [0.2, 0.25) is 0 Å². The van der Waals surface area contributed by atoms with Crippen LogP contribution in [-0.2, 0) is 0 Å². The van der Waals surface area contributed by atoms with Crippen LogP contribution < -0.4 is 5.32 Å². The zero-order valence-corrected chi connectivity index (χ0v) is 17.2. The maximum Gasteiger partial charge on any atom is 0.193 e. The molecule has 0 bridgehead atoms. The number of aromatic hydroxyl groups is 1. The predicted molar refractivity (Wildman–Crippen MR) is 120 cm³/mol. The molecule has 3 aromatic rings. The van der Waals surface area contributed by atoms with E-state index in [4.69, 9.17) is 12.2 Å². The van der Waals surface area contributed by atoms with E-state index in [1.54, 1.807) is 6.07 Å². The summed E-state index contributed by atoms with van der Waals surface area (Å²) in [7, 11) is 0. The molecule has 3 aromatic carbocycles. The average Bonchev–Trinajstić information content (AvgIpc) is 2.74. The van der Waals surface area contributed by atoms with Gasteiger partial charge in [-0.1, -0.05) is 60.7 Å². The van der Waals surface area contributed by atoms with Crippen molar-refractivity contribution in [3.05, 3.63) is 89.1 Å². The molecule has 4 rings (SSSR count). The normalized spacial score (nSPS) is 16.8. The lowest BCUT2D eigenvalue weighted by atomic mass is 9.86. The lowest BCUT2D eigenvalue weighted by Gasteiger charge is -2.38. The van der Waals surface area contributed by atoms with Crippen molar-refractivity contribution in [2.45, 2.75) is 19.9 Å². The molecule has 146 valence electrons. The molecule has 29 heavy (non-hydrogen) atoms. The van der Waals surface area contributed by atoms with Crippen LogP contribution in [0.3, 0.4) is 0 Å². The molecular formula is C24H22N2O2S. The fraction of sp³-hybridized carbons (Fsp3) is 0.167. The molecule has 0 saturated heterocycles. The summed E-state index contributed by atoms with van der Waals surface area (Å²) in [5.41, 5.74) is 2.68. The Morgan fingerprint density at radius 2 is 1.76 bits per heavy atom. The van der Waals surface area contributed by atoms with E-state index in [-0.39, 0.29) is 11.5 Å². The van der Waals surface area contributed by atoms with Crippen molar-refractivity contribution in [1.82, 2.24) is 10.2 Å². The Balaban J connectivity index is 1.97. The van der Waals surface area contributed by atoms with Crippen molar-refractivity contribution >= 4 is 33.9 Å². The Bertz CT molecular complexity index is 1140. The number of Topliss-reactive ketones (excluding diaryl/α,β-unsaturated/α-hetero) is 1. The number of phenols is 1. The predicted octanol–water partition coefficient (Wildman–Crippen LogP) is 4.95. The topological polar surface area (TPSA) is 52.6 Å². The summed E-state index contributed by atoms with van der Waals surface area (Å²) in [6.45, 7) is 4.57. The average molecular weight is 403 g/mol. The highest BCUT2D eigenvalue weighted by molar-refractivity contribution is 7.80. The number of nitrogens with zero attached hydrogens (tertiary/aromatic N) is 1. The zero-order valence-electron chi connectivity index (χ0n) is 16.3. The van der Waals surface area contributed by atoms with E-state index in [0.717, 1.165) is 16.5 Å². The molecule has 2 N–H and O–H groups in total. The molecule has 1 aliphatic heterocycles. The van der Waals surface area contributed by atoms with E-state index in [1.165, 1.54) is 0 Å². The third kappa shape index (κ3) is 3.28. The first kappa shape index (κ1) is 19.2. The fourth-order valence-electron chi connectivity index (χ4n) is 4.01. The SMILES string of the molecule is CCN1C(=S)NC(c2c(O)ccc3ccccc23)C(C(=O)c2ccccc2)=C1C. The van der Waals surface area contributed by atoms with Crippen LogP contribution in [0.5, 0.6) is 5.75 Å². The largest absolute Gasteiger partial charge is 0.508 e. The number of allylic oxidation sites excluding steroid dienone is 1. The van der Waals surface area contributed by atoms with Crippen LogP contribution in [-0.4, -0.2) is 27.4 Å². The molecule has 4 nitrogen and oxygen atoms in total.